The first kappa shape index (κ1) is 57.4. The van der Waals surface area contributed by atoms with Crippen LogP contribution in [0.2, 0.25) is 0 Å². The monoisotopic (exact) mass is 1120 g/mol. The Labute approximate surface area is 423 Å². The van der Waals surface area contributed by atoms with Crippen LogP contribution in [0.1, 0.15) is 50.8 Å². The standard InChI is InChI=1S/C40H52N9O19P3S2/c1-5-62-26-11-10-22(16-27(26)63-6-2)37-48-25(18-73-37)23-8-7-9-24(47-23)39(54)72-15-14-42-29(50)12-13-43-36(53)33(52)40(3,4)19-65-71(60,61)68-70(58,59)64-17-28-32(67-69(55,56)57)31(51)38(66-28)49-21-46-30-34(41)44-20-45-35(30)49/h7-11,16,18,20-21,28,31-33,38,51-52H,5-6,12-15,17,19H2,1-4H3,(H,42,50)(H,43,53)(H,58,59)(H,60,61)(H2,41,44,45)(H2,55,56,57). The van der Waals surface area contributed by atoms with E-state index in [-0.39, 0.29) is 53.1 Å². The Morgan fingerprint density at radius 2 is 1.67 bits per heavy atom. The molecule has 1 aliphatic heterocycles. The van der Waals surface area contributed by atoms with Crippen molar-refractivity contribution in [2.45, 2.75) is 64.8 Å². The summed E-state index contributed by atoms with van der Waals surface area (Å²) in [6.45, 7) is 4.99. The van der Waals surface area contributed by atoms with Crippen molar-refractivity contribution in [1.82, 2.24) is 40.1 Å². The highest BCUT2D eigenvalue weighted by Crippen LogP contribution is 2.61. The van der Waals surface area contributed by atoms with Crippen LogP contribution in [-0.4, -0.2) is 146 Å². The van der Waals surface area contributed by atoms with Crippen molar-refractivity contribution in [3.63, 3.8) is 0 Å². The lowest BCUT2D eigenvalue weighted by atomic mass is 9.87. The fraction of sp³-hybridized carbons (Fsp3) is 0.450. The molecule has 7 unspecified atom stereocenters. The Bertz CT molecular complexity index is 2910. The summed E-state index contributed by atoms with van der Waals surface area (Å²) in [5, 5.41) is 28.9. The van der Waals surface area contributed by atoms with Crippen molar-refractivity contribution >= 4 is 80.5 Å². The average molecular weight is 1120 g/mol. The zero-order valence-corrected chi connectivity index (χ0v) is 43.5. The summed E-state index contributed by atoms with van der Waals surface area (Å²) >= 11 is 2.34. The summed E-state index contributed by atoms with van der Waals surface area (Å²) in [7, 11) is -16.5. The number of hydrogen-bond donors (Lipinski definition) is 9. The molecular formula is C40H52N9O19P3S2. The van der Waals surface area contributed by atoms with Crippen LogP contribution in [0.3, 0.4) is 0 Å². The van der Waals surface area contributed by atoms with E-state index in [0.29, 0.717) is 36.1 Å². The summed E-state index contributed by atoms with van der Waals surface area (Å²) in [6, 6.07) is 10.6. The largest absolute Gasteiger partial charge is 0.490 e. The van der Waals surface area contributed by atoms with Crippen molar-refractivity contribution in [3.05, 3.63) is 60.1 Å². The predicted molar refractivity (Wildman–Crippen MR) is 260 cm³/mol. The quantitative estimate of drug-likeness (QED) is 0.0284. The summed E-state index contributed by atoms with van der Waals surface area (Å²) < 4.78 is 74.0. The molecule has 1 aromatic carbocycles. The minimum absolute atomic E-state index is 0.0217. The number of nitrogen functional groups attached to an aromatic ring is 1. The number of phosphoric ester groups is 3. The molecule has 2 amide bonds. The number of thiazole rings is 1. The van der Waals surface area contributed by atoms with Gasteiger partial charge in [-0.05, 0) is 44.2 Å². The zero-order valence-electron chi connectivity index (χ0n) is 39.1. The molecular weight excluding hydrogens is 1070 g/mol. The van der Waals surface area contributed by atoms with E-state index in [2.05, 4.69) is 39.4 Å². The van der Waals surface area contributed by atoms with Gasteiger partial charge in [0, 0.05) is 41.6 Å². The van der Waals surface area contributed by atoms with Gasteiger partial charge in [0.05, 0.1) is 38.4 Å². The third kappa shape index (κ3) is 15.6. The van der Waals surface area contributed by atoms with Crippen LogP contribution in [0.4, 0.5) is 5.82 Å². The smallest absolute Gasteiger partial charge is 0.481 e. The van der Waals surface area contributed by atoms with Crippen molar-refractivity contribution in [3.8, 4) is 33.5 Å². The van der Waals surface area contributed by atoms with Gasteiger partial charge in [-0.3, -0.25) is 32.5 Å². The third-order valence-corrected chi connectivity index (χ3v) is 15.1. The number of thioether (sulfide) groups is 1. The van der Waals surface area contributed by atoms with Gasteiger partial charge in [-0.1, -0.05) is 31.7 Å². The number of imidazole rings is 1. The molecule has 28 nitrogen and oxygen atoms in total. The number of benzene rings is 1. The number of carbonyl (C=O) groups is 3. The highest BCUT2D eigenvalue weighted by atomic mass is 32.2. The number of nitrogens with one attached hydrogen (secondary N) is 2. The van der Waals surface area contributed by atoms with Gasteiger partial charge in [0.1, 0.15) is 52.7 Å². The highest BCUT2D eigenvalue weighted by Gasteiger charge is 2.50. The molecule has 33 heteroatoms. The van der Waals surface area contributed by atoms with Gasteiger partial charge < -0.3 is 60.4 Å². The molecule has 0 spiro atoms. The molecule has 73 heavy (non-hydrogen) atoms. The molecule has 1 saturated heterocycles. The van der Waals surface area contributed by atoms with Gasteiger partial charge in [0.15, 0.2) is 29.2 Å². The summed E-state index contributed by atoms with van der Waals surface area (Å²) in [5.41, 5.74) is 6.32. The fourth-order valence-corrected chi connectivity index (χ4v) is 11.0. The topological polar surface area (TPSA) is 408 Å². The number of ether oxygens (including phenoxy) is 3. The SMILES string of the molecule is CCOc1ccc(-c2nc(-c3cccc(C(=O)SCCNC(=O)CCNC(=O)C(O)C(C)(C)COP(=O)(O)OP(=O)(O)OCC4OC(n5cnc6c(N)ncnc65)C(O)C4OP(=O)(O)O)n3)cs2)cc1OCC. The number of aliphatic hydroxyl groups is 2. The number of aliphatic hydroxyl groups excluding tert-OH is 2. The Kier molecular flexibility index (Phi) is 19.4. The van der Waals surface area contributed by atoms with Crippen molar-refractivity contribution in [2.24, 2.45) is 5.41 Å². The van der Waals surface area contributed by atoms with Crippen molar-refractivity contribution in [2.75, 3.05) is 51.0 Å². The van der Waals surface area contributed by atoms with Gasteiger partial charge in [-0.25, -0.2) is 38.6 Å². The number of anilines is 1. The second-order valence-corrected chi connectivity index (χ2v) is 22.3. The van der Waals surface area contributed by atoms with Crippen LogP contribution in [0.25, 0.3) is 33.1 Å². The second-order valence-electron chi connectivity index (χ2n) is 16.2. The van der Waals surface area contributed by atoms with Gasteiger partial charge in [0.2, 0.25) is 16.9 Å². The molecule has 398 valence electrons. The minimum Gasteiger partial charge on any atom is -0.490 e. The Balaban J connectivity index is 0.905. The Morgan fingerprint density at radius 1 is 0.945 bits per heavy atom. The van der Waals surface area contributed by atoms with Gasteiger partial charge in [-0.2, -0.15) is 4.31 Å². The maximum atomic E-state index is 13.0. The zero-order chi connectivity index (χ0) is 53.3. The average Bonchev–Trinajstić information content (AvgIpc) is 4.07. The third-order valence-electron chi connectivity index (χ3n) is 10.3. The summed E-state index contributed by atoms with van der Waals surface area (Å²) in [4.78, 5) is 98.8. The van der Waals surface area contributed by atoms with Gasteiger partial charge >= 0.3 is 23.5 Å². The number of fused-ring (bicyclic) bond motifs is 1. The number of rotatable bonds is 26. The predicted octanol–water partition coefficient (Wildman–Crippen LogP) is 2.96. The molecule has 0 aliphatic carbocycles. The molecule has 7 atom stereocenters. The van der Waals surface area contributed by atoms with Crippen LogP contribution < -0.4 is 25.8 Å². The number of pyridine rings is 1. The van der Waals surface area contributed by atoms with Crippen LogP contribution >= 0.6 is 46.6 Å². The first-order valence-corrected chi connectivity index (χ1v) is 28.2. The molecule has 10 N–H and O–H groups in total. The number of nitrogens with zero attached hydrogens (tertiary/aromatic N) is 6. The number of nitrogens with two attached hydrogens (primary N) is 1. The molecule has 4 aromatic heterocycles. The number of hydrogen-bond acceptors (Lipinski definition) is 23. The van der Waals surface area contributed by atoms with E-state index < -0.39 is 84.6 Å². The van der Waals surface area contributed by atoms with E-state index in [1.165, 1.54) is 25.2 Å². The van der Waals surface area contributed by atoms with E-state index in [9.17, 15) is 57.9 Å². The lowest BCUT2D eigenvalue weighted by Crippen LogP contribution is -2.46. The Morgan fingerprint density at radius 3 is 2.40 bits per heavy atom. The summed E-state index contributed by atoms with van der Waals surface area (Å²) in [6.07, 6.45) is -7.09. The molecule has 0 saturated carbocycles. The van der Waals surface area contributed by atoms with Crippen molar-refractivity contribution < 1.29 is 90.0 Å². The number of amides is 2. The minimum atomic E-state index is -5.61. The van der Waals surface area contributed by atoms with E-state index >= 15 is 0 Å². The molecule has 0 bridgehead atoms. The van der Waals surface area contributed by atoms with E-state index in [4.69, 9.17) is 34.0 Å². The second kappa shape index (κ2) is 24.7. The first-order valence-electron chi connectivity index (χ1n) is 21.8. The van der Waals surface area contributed by atoms with E-state index in [0.717, 1.165) is 39.6 Å². The number of phosphoric acid groups is 3. The van der Waals surface area contributed by atoms with Gasteiger partial charge in [0.25, 0.3) is 0 Å². The number of carbonyl (C=O) groups excluding carboxylic acids is 3. The first-order chi connectivity index (χ1) is 34.4. The molecule has 6 rings (SSSR count). The maximum Gasteiger partial charge on any atom is 0.481 e. The van der Waals surface area contributed by atoms with Crippen LogP contribution in [0.5, 0.6) is 11.5 Å². The lowest BCUT2D eigenvalue weighted by molar-refractivity contribution is -0.137. The van der Waals surface area contributed by atoms with Gasteiger partial charge in [-0.15, -0.1) is 11.3 Å². The molecule has 5 aromatic rings. The lowest BCUT2D eigenvalue weighted by Gasteiger charge is -2.30. The van der Waals surface area contributed by atoms with E-state index in [1.807, 2.05) is 37.4 Å². The maximum absolute atomic E-state index is 13.0. The highest BCUT2D eigenvalue weighted by molar-refractivity contribution is 8.14. The van der Waals surface area contributed by atoms with Crippen LogP contribution in [-0.2, 0) is 45.9 Å². The summed E-state index contributed by atoms with van der Waals surface area (Å²) in [5.74, 6) is -0.122. The molecule has 0 radical (unpaired) electrons. The molecule has 1 aliphatic rings. The van der Waals surface area contributed by atoms with Crippen LogP contribution in [0.15, 0.2) is 54.4 Å². The molecule has 1 fully saturated rings. The Hall–Kier alpha value is -4.84. The number of aromatic nitrogens is 6. The fourth-order valence-electron chi connectivity index (χ4n) is 6.75. The van der Waals surface area contributed by atoms with Crippen molar-refractivity contribution in [1.29, 1.82) is 0 Å². The molecule has 5 heterocycles. The normalized spacial score (nSPS) is 19.2. The van der Waals surface area contributed by atoms with Crippen LogP contribution in [0, 0.1) is 5.41 Å². The van der Waals surface area contributed by atoms with E-state index in [1.54, 1.807) is 18.2 Å².